The van der Waals surface area contributed by atoms with E-state index in [9.17, 15) is 13.6 Å². The number of aryl methyl sites for hydroxylation is 1. The van der Waals surface area contributed by atoms with Gasteiger partial charge in [0, 0.05) is 43.8 Å². The highest BCUT2D eigenvalue weighted by atomic mass is 19.3. The normalized spacial score (nSPS) is 17.4. The van der Waals surface area contributed by atoms with Crippen molar-refractivity contribution >= 4 is 23.5 Å². The molecule has 0 bridgehead atoms. The highest BCUT2D eigenvalue weighted by Crippen LogP contribution is 2.48. The van der Waals surface area contributed by atoms with E-state index in [1.54, 1.807) is 36.4 Å². The van der Waals surface area contributed by atoms with Crippen molar-refractivity contribution < 1.29 is 13.6 Å². The molecule has 27 heavy (non-hydrogen) atoms. The van der Waals surface area contributed by atoms with Crippen LogP contribution in [0, 0.1) is 5.92 Å². The van der Waals surface area contributed by atoms with Gasteiger partial charge in [-0.1, -0.05) is 0 Å². The summed E-state index contributed by atoms with van der Waals surface area (Å²) < 4.78 is 27.5. The zero-order valence-electron chi connectivity index (χ0n) is 14.1. The van der Waals surface area contributed by atoms with Gasteiger partial charge in [0.2, 0.25) is 17.8 Å². The van der Waals surface area contributed by atoms with E-state index in [-0.39, 0.29) is 5.95 Å². The number of carbonyl (C=O) groups is 1. The smallest absolute Gasteiger partial charge is 0.260 e. The minimum absolute atomic E-state index is 0.0331. The lowest BCUT2D eigenvalue weighted by Crippen LogP contribution is -2.19. The Hall–Kier alpha value is -3.50. The number of nitrogens with zero attached hydrogens (tertiary/aromatic N) is 6. The standard InChI is InChI=1S/C16H14F2N8O/c1-26-8-10(7-22-26)23-15-19-3-2-12(24-15)9-5-20-14(21-6-9)25-13(27)11-4-16(11,17)18/h2-3,5-8,11H,4H2,1H3,(H,19,23,24)(H,20,21,25,27). The molecule has 4 rings (SSSR count). The summed E-state index contributed by atoms with van der Waals surface area (Å²) in [5, 5.41) is 9.36. The Bertz CT molecular complexity index is 988. The van der Waals surface area contributed by atoms with Gasteiger partial charge in [0.15, 0.2) is 0 Å². The molecule has 3 aromatic heterocycles. The molecule has 1 aliphatic rings. The SMILES string of the molecule is Cn1cc(Nc2nccc(-c3cnc(NC(=O)C4CC4(F)F)nc3)n2)cn1. The number of anilines is 3. The van der Waals surface area contributed by atoms with E-state index < -0.39 is 24.2 Å². The topological polar surface area (TPSA) is 111 Å². The van der Waals surface area contributed by atoms with Crippen LogP contribution in [0.2, 0.25) is 0 Å². The molecule has 0 saturated heterocycles. The number of amides is 1. The van der Waals surface area contributed by atoms with E-state index >= 15 is 0 Å². The van der Waals surface area contributed by atoms with Gasteiger partial charge in [-0.05, 0) is 6.07 Å². The molecule has 1 unspecified atom stereocenters. The summed E-state index contributed by atoms with van der Waals surface area (Å²) in [4.78, 5) is 28.1. The van der Waals surface area contributed by atoms with Gasteiger partial charge >= 0.3 is 0 Å². The fourth-order valence-electron chi connectivity index (χ4n) is 2.41. The lowest BCUT2D eigenvalue weighted by molar-refractivity contribution is -0.119. The maximum absolute atomic E-state index is 12.9. The van der Waals surface area contributed by atoms with Crippen molar-refractivity contribution in [3.05, 3.63) is 37.1 Å². The number of nitrogens with one attached hydrogen (secondary N) is 2. The van der Waals surface area contributed by atoms with Crippen molar-refractivity contribution in [2.45, 2.75) is 12.3 Å². The number of rotatable bonds is 5. The molecule has 1 amide bonds. The van der Waals surface area contributed by atoms with E-state index in [0.29, 0.717) is 17.2 Å². The Kier molecular flexibility index (Phi) is 3.98. The molecule has 0 aliphatic heterocycles. The van der Waals surface area contributed by atoms with Crippen molar-refractivity contribution in [2.24, 2.45) is 13.0 Å². The third kappa shape index (κ3) is 3.71. The summed E-state index contributed by atoms with van der Waals surface area (Å²) in [5.74, 6) is -4.67. The number of hydrogen-bond acceptors (Lipinski definition) is 7. The number of carbonyl (C=O) groups excluding carboxylic acids is 1. The summed E-state index contributed by atoms with van der Waals surface area (Å²) in [7, 11) is 1.80. The molecule has 3 heterocycles. The van der Waals surface area contributed by atoms with Crippen molar-refractivity contribution in [1.29, 1.82) is 0 Å². The fraction of sp³-hybridized carbons (Fsp3) is 0.250. The van der Waals surface area contributed by atoms with E-state index in [0.717, 1.165) is 5.69 Å². The molecule has 1 atom stereocenters. The van der Waals surface area contributed by atoms with E-state index in [4.69, 9.17) is 0 Å². The third-order valence-corrected chi connectivity index (χ3v) is 3.94. The largest absolute Gasteiger partial charge is 0.321 e. The fourth-order valence-corrected chi connectivity index (χ4v) is 2.41. The molecule has 9 nitrogen and oxygen atoms in total. The van der Waals surface area contributed by atoms with Gasteiger partial charge in [-0.25, -0.2) is 28.7 Å². The van der Waals surface area contributed by atoms with Crippen LogP contribution in [-0.4, -0.2) is 41.5 Å². The monoisotopic (exact) mass is 372 g/mol. The summed E-state index contributed by atoms with van der Waals surface area (Å²) in [5.41, 5.74) is 1.88. The van der Waals surface area contributed by atoms with Crippen molar-refractivity contribution in [3.8, 4) is 11.3 Å². The lowest BCUT2D eigenvalue weighted by atomic mass is 10.2. The van der Waals surface area contributed by atoms with Crippen LogP contribution in [0.4, 0.5) is 26.4 Å². The van der Waals surface area contributed by atoms with Crippen LogP contribution in [0.15, 0.2) is 37.1 Å². The van der Waals surface area contributed by atoms with Crippen LogP contribution in [0.5, 0.6) is 0 Å². The number of halogens is 2. The number of alkyl halides is 2. The second-order valence-electron chi connectivity index (χ2n) is 6.10. The predicted molar refractivity (Wildman–Crippen MR) is 91.2 cm³/mol. The van der Waals surface area contributed by atoms with Crippen molar-refractivity contribution in [2.75, 3.05) is 10.6 Å². The first-order valence-electron chi connectivity index (χ1n) is 8.00. The van der Waals surface area contributed by atoms with Gasteiger partial charge < -0.3 is 5.32 Å². The maximum Gasteiger partial charge on any atom is 0.260 e. The third-order valence-electron chi connectivity index (χ3n) is 3.94. The maximum atomic E-state index is 12.9. The van der Waals surface area contributed by atoms with Gasteiger partial charge in [0.25, 0.3) is 5.92 Å². The van der Waals surface area contributed by atoms with Crippen LogP contribution in [0.25, 0.3) is 11.3 Å². The number of aromatic nitrogens is 6. The molecular weight excluding hydrogens is 358 g/mol. The van der Waals surface area contributed by atoms with E-state index in [1.165, 1.54) is 12.4 Å². The molecule has 1 saturated carbocycles. The van der Waals surface area contributed by atoms with Gasteiger partial charge in [0.1, 0.15) is 5.92 Å². The average molecular weight is 372 g/mol. The Labute approximate surface area is 151 Å². The van der Waals surface area contributed by atoms with Gasteiger partial charge in [0.05, 0.1) is 17.6 Å². The predicted octanol–water partition coefficient (Wildman–Crippen LogP) is 2.00. The van der Waals surface area contributed by atoms with Gasteiger partial charge in [-0.3, -0.25) is 14.8 Å². The minimum Gasteiger partial charge on any atom is -0.321 e. The summed E-state index contributed by atoms with van der Waals surface area (Å²) in [6, 6.07) is 1.68. The number of hydrogen-bond donors (Lipinski definition) is 2. The molecule has 1 fully saturated rings. The molecule has 3 aromatic rings. The molecule has 0 aromatic carbocycles. The van der Waals surface area contributed by atoms with Crippen LogP contribution >= 0.6 is 0 Å². The highest BCUT2D eigenvalue weighted by Gasteiger charge is 2.61. The Morgan fingerprint density at radius 2 is 1.96 bits per heavy atom. The Morgan fingerprint density at radius 1 is 1.22 bits per heavy atom. The van der Waals surface area contributed by atoms with Crippen molar-refractivity contribution in [1.82, 2.24) is 29.7 Å². The Balaban J connectivity index is 1.45. The van der Waals surface area contributed by atoms with Gasteiger partial charge in [-0.15, -0.1) is 0 Å². The molecular formula is C16H14F2N8O. The second-order valence-corrected chi connectivity index (χ2v) is 6.10. The molecule has 1 aliphatic carbocycles. The van der Waals surface area contributed by atoms with Crippen molar-refractivity contribution in [3.63, 3.8) is 0 Å². The first-order valence-corrected chi connectivity index (χ1v) is 8.00. The molecule has 0 spiro atoms. The zero-order chi connectivity index (χ0) is 19.0. The minimum atomic E-state index is -2.93. The van der Waals surface area contributed by atoms with Crippen LogP contribution in [-0.2, 0) is 11.8 Å². The molecule has 0 radical (unpaired) electrons. The molecule has 138 valence electrons. The summed E-state index contributed by atoms with van der Waals surface area (Å²) in [6.07, 6.45) is 7.45. The summed E-state index contributed by atoms with van der Waals surface area (Å²) >= 11 is 0. The summed E-state index contributed by atoms with van der Waals surface area (Å²) in [6.45, 7) is 0. The highest BCUT2D eigenvalue weighted by molar-refractivity contribution is 5.93. The van der Waals surface area contributed by atoms with Crippen LogP contribution in [0.1, 0.15) is 6.42 Å². The zero-order valence-corrected chi connectivity index (χ0v) is 14.1. The first-order chi connectivity index (χ1) is 12.9. The van der Waals surface area contributed by atoms with Crippen LogP contribution in [0.3, 0.4) is 0 Å². The Morgan fingerprint density at radius 3 is 2.59 bits per heavy atom. The lowest BCUT2D eigenvalue weighted by Gasteiger charge is -2.06. The van der Waals surface area contributed by atoms with Crippen LogP contribution < -0.4 is 10.6 Å². The first kappa shape index (κ1) is 16.9. The second kappa shape index (κ2) is 6.34. The molecule has 11 heteroatoms. The van der Waals surface area contributed by atoms with E-state index in [2.05, 4.69) is 35.7 Å². The average Bonchev–Trinajstić information content (AvgIpc) is 3.10. The molecule has 2 N–H and O–H groups in total. The van der Waals surface area contributed by atoms with Gasteiger partial charge in [-0.2, -0.15) is 5.10 Å². The quantitative estimate of drug-likeness (QED) is 0.705. The van der Waals surface area contributed by atoms with E-state index in [1.807, 2.05) is 0 Å².